The Hall–Kier alpha value is -0.490. The Morgan fingerprint density at radius 1 is 1.58 bits per heavy atom. The van der Waals surface area contributed by atoms with Crippen molar-refractivity contribution < 1.29 is 5.11 Å². The molecule has 0 radical (unpaired) electrons. The second kappa shape index (κ2) is 3.95. The van der Waals surface area contributed by atoms with Crippen LogP contribution in [0.2, 0.25) is 5.02 Å². The number of rotatable bonds is 1. The first-order valence-corrected chi connectivity index (χ1v) is 4.41. The third-order valence-electron chi connectivity index (χ3n) is 1.42. The number of hydrogen-bond donors (Lipinski definition) is 1. The summed E-state index contributed by atoms with van der Waals surface area (Å²) in [5.41, 5.74) is 0.661. The summed E-state index contributed by atoms with van der Waals surface area (Å²) in [6.45, 7) is 0. The maximum atomic E-state index is 9.24. The van der Waals surface area contributed by atoms with Crippen LogP contribution >= 0.6 is 27.5 Å². The van der Waals surface area contributed by atoms with Crippen molar-refractivity contribution in [2.75, 3.05) is 0 Å². The molecule has 1 nitrogen and oxygen atoms in total. The van der Waals surface area contributed by atoms with Gasteiger partial charge in [0.1, 0.15) is 6.10 Å². The summed E-state index contributed by atoms with van der Waals surface area (Å²) < 4.78 is 0.732. The number of hydrogen-bond acceptors (Lipinski definition) is 1. The molecule has 1 aromatic carbocycles. The van der Waals surface area contributed by atoms with Crippen molar-refractivity contribution in [3.05, 3.63) is 33.3 Å². The van der Waals surface area contributed by atoms with Crippen LogP contribution in [-0.4, -0.2) is 5.11 Å². The minimum Gasteiger partial charge on any atom is -0.376 e. The summed E-state index contributed by atoms with van der Waals surface area (Å²) >= 11 is 8.98. The molecule has 0 heterocycles. The zero-order valence-corrected chi connectivity index (χ0v) is 8.43. The van der Waals surface area contributed by atoms with E-state index in [0.29, 0.717) is 10.6 Å². The zero-order valence-electron chi connectivity index (χ0n) is 6.09. The van der Waals surface area contributed by atoms with Crippen molar-refractivity contribution in [2.24, 2.45) is 0 Å². The summed E-state index contributed by atoms with van der Waals surface area (Å²) in [6, 6.07) is 5.08. The van der Waals surface area contributed by atoms with Crippen molar-refractivity contribution in [1.82, 2.24) is 0 Å². The number of benzene rings is 1. The van der Waals surface area contributed by atoms with Crippen LogP contribution in [0.4, 0.5) is 0 Å². The van der Waals surface area contributed by atoms with E-state index < -0.39 is 6.10 Å². The topological polar surface area (TPSA) is 20.2 Å². The average Bonchev–Trinajstić information content (AvgIpc) is 2.08. The summed E-state index contributed by atoms with van der Waals surface area (Å²) in [7, 11) is 0. The van der Waals surface area contributed by atoms with E-state index in [9.17, 15) is 5.11 Å². The predicted molar refractivity (Wildman–Crippen MR) is 52.9 cm³/mol. The summed E-state index contributed by atoms with van der Waals surface area (Å²) in [5.74, 6) is 2.22. The Morgan fingerprint density at radius 2 is 2.25 bits per heavy atom. The highest BCUT2D eigenvalue weighted by Crippen LogP contribution is 2.25. The first-order chi connectivity index (χ1) is 5.65. The number of aliphatic hydroxyl groups excluding tert-OH is 1. The summed E-state index contributed by atoms with van der Waals surface area (Å²) in [5, 5.41) is 9.84. The van der Waals surface area contributed by atoms with Crippen molar-refractivity contribution in [1.29, 1.82) is 0 Å². The van der Waals surface area contributed by atoms with Crippen molar-refractivity contribution in [3.8, 4) is 12.3 Å². The van der Waals surface area contributed by atoms with Gasteiger partial charge in [-0.05, 0) is 33.6 Å². The molecule has 1 atom stereocenters. The van der Waals surface area contributed by atoms with Gasteiger partial charge in [-0.25, -0.2) is 0 Å². The van der Waals surface area contributed by atoms with Gasteiger partial charge in [0.2, 0.25) is 0 Å². The van der Waals surface area contributed by atoms with Crippen LogP contribution in [-0.2, 0) is 0 Å². The van der Waals surface area contributed by atoms with Crippen LogP contribution in [0.5, 0.6) is 0 Å². The predicted octanol–water partition coefficient (Wildman–Crippen LogP) is 2.77. The van der Waals surface area contributed by atoms with E-state index in [1.165, 1.54) is 0 Å². The van der Waals surface area contributed by atoms with Gasteiger partial charge in [0.15, 0.2) is 0 Å². The van der Waals surface area contributed by atoms with Gasteiger partial charge in [-0.1, -0.05) is 23.6 Å². The Morgan fingerprint density at radius 3 is 2.75 bits per heavy atom. The van der Waals surface area contributed by atoms with Gasteiger partial charge >= 0.3 is 0 Å². The molecule has 0 aliphatic heterocycles. The Labute approximate surface area is 84.5 Å². The van der Waals surface area contributed by atoms with Gasteiger partial charge in [-0.3, -0.25) is 0 Å². The third kappa shape index (κ3) is 2.01. The minimum atomic E-state index is -0.862. The molecule has 0 aliphatic rings. The Kier molecular flexibility index (Phi) is 3.16. The first-order valence-electron chi connectivity index (χ1n) is 3.24. The molecule has 1 N–H and O–H groups in total. The highest BCUT2D eigenvalue weighted by molar-refractivity contribution is 9.10. The molecule has 0 bridgehead atoms. The van der Waals surface area contributed by atoms with Crippen LogP contribution in [0.25, 0.3) is 0 Å². The van der Waals surface area contributed by atoms with Gasteiger partial charge < -0.3 is 5.11 Å². The van der Waals surface area contributed by atoms with E-state index in [1.807, 2.05) is 0 Å². The second-order valence-corrected chi connectivity index (χ2v) is 3.50. The van der Waals surface area contributed by atoms with Crippen LogP contribution in [0.1, 0.15) is 11.7 Å². The van der Waals surface area contributed by atoms with E-state index in [4.69, 9.17) is 18.0 Å². The molecule has 0 aliphatic carbocycles. The Balaban J connectivity index is 3.06. The average molecular weight is 246 g/mol. The van der Waals surface area contributed by atoms with E-state index in [1.54, 1.807) is 18.2 Å². The van der Waals surface area contributed by atoms with Gasteiger partial charge in [0.05, 0.1) is 5.02 Å². The van der Waals surface area contributed by atoms with E-state index in [-0.39, 0.29) is 0 Å². The van der Waals surface area contributed by atoms with E-state index >= 15 is 0 Å². The summed E-state index contributed by atoms with van der Waals surface area (Å²) in [6.07, 6.45) is 4.18. The van der Waals surface area contributed by atoms with Crippen molar-refractivity contribution in [2.45, 2.75) is 6.10 Å². The zero-order chi connectivity index (χ0) is 9.14. The molecule has 0 saturated carbocycles. The van der Waals surface area contributed by atoms with Crippen molar-refractivity contribution in [3.63, 3.8) is 0 Å². The molecular weight excluding hydrogens is 239 g/mol. The molecule has 0 aromatic heterocycles. The molecule has 12 heavy (non-hydrogen) atoms. The van der Waals surface area contributed by atoms with Gasteiger partial charge in [0.25, 0.3) is 0 Å². The first kappa shape index (κ1) is 9.60. The second-order valence-electron chi connectivity index (χ2n) is 2.24. The molecule has 0 saturated heterocycles. The molecule has 62 valence electrons. The van der Waals surface area contributed by atoms with Gasteiger partial charge in [-0.15, -0.1) is 6.42 Å². The third-order valence-corrected chi connectivity index (χ3v) is 2.63. The molecule has 0 unspecified atom stereocenters. The molecular formula is C9H6BrClO. The highest BCUT2D eigenvalue weighted by Gasteiger charge is 2.04. The fourth-order valence-electron chi connectivity index (χ4n) is 0.779. The lowest BCUT2D eigenvalue weighted by Gasteiger charge is -2.04. The van der Waals surface area contributed by atoms with Crippen LogP contribution in [0, 0.1) is 12.3 Å². The quantitative estimate of drug-likeness (QED) is 0.754. The van der Waals surface area contributed by atoms with Gasteiger partial charge in [-0.2, -0.15) is 0 Å². The molecule has 0 amide bonds. The molecule has 1 rings (SSSR count). The highest BCUT2D eigenvalue weighted by atomic mass is 79.9. The molecule has 3 heteroatoms. The normalized spacial score (nSPS) is 12.2. The lowest BCUT2D eigenvalue weighted by atomic mass is 10.1. The molecule has 0 fully saturated rings. The largest absolute Gasteiger partial charge is 0.376 e. The molecule has 1 aromatic rings. The van der Waals surface area contributed by atoms with Crippen molar-refractivity contribution >= 4 is 27.5 Å². The lowest BCUT2D eigenvalue weighted by Crippen LogP contribution is -1.92. The number of terminal acetylenes is 1. The van der Waals surface area contributed by atoms with Crippen LogP contribution in [0.15, 0.2) is 22.7 Å². The lowest BCUT2D eigenvalue weighted by molar-refractivity contribution is 0.238. The van der Waals surface area contributed by atoms with Crippen LogP contribution < -0.4 is 0 Å². The fraction of sp³-hybridized carbons (Fsp3) is 0.111. The monoisotopic (exact) mass is 244 g/mol. The van der Waals surface area contributed by atoms with Crippen LogP contribution in [0.3, 0.4) is 0 Å². The Bertz CT molecular complexity index is 330. The fourth-order valence-corrected chi connectivity index (χ4v) is 1.29. The number of aliphatic hydroxyl groups is 1. The van der Waals surface area contributed by atoms with E-state index in [0.717, 1.165) is 4.47 Å². The minimum absolute atomic E-state index is 0.600. The summed E-state index contributed by atoms with van der Waals surface area (Å²) in [4.78, 5) is 0. The maximum Gasteiger partial charge on any atom is 0.140 e. The molecule has 0 spiro atoms. The number of halogens is 2. The van der Waals surface area contributed by atoms with E-state index in [2.05, 4.69) is 21.9 Å². The van der Waals surface area contributed by atoms with Gasteiger partial charge in [0, 0.05) is 4.47 Å². The maximum absolute atomic E-state index is 9.24. The standard InChI is InChI=1S/C9H6BrClO/c1-2-9(12)6-3-4-8(11)7(10)5-6/h1,3-5,9,12H/t9-/m0/s1. The SMILES string of the molecule is C#C[C@H](O)c1ccc(Cl)c(Br)c1. The smallest absolute Gasteiger partial charge is 0.140 e.